The standard InChI is InChI=1S/C13H12N4O/c1-7-4-2-3-5-8(7)10-9(6-14)13(10)11(15)16-17-12(13)18/h2-5,9-10H,1H3,(H2,15,16)(H,17,18). The van der Waals surface area contributed by atoms with Crippen LogP contribution in [0.25, 0.3) is 0 Å². The number of carbonyl (C=O) groups excluding carboxylic acids is 1. The Kier molecular flexibility index (Phi) is 1.99. The third kappa shape index (κ3) is 1.05. The minimum atomic E-state index is -0.944. The maximum absolute atomic E-state index is 12.0. The zero-order valence-electron chi connectivity index (χ0n) is 9.84. The summed E-state index contributed by atoms with van der Waals surface area (Å²) in [5, 5.41) is 13.0. The number of benzene rings is 1. The molecule has 2 aliphatic rings. The molecule has 1 aliphatic carbocycles. The third-order valence-electron chi connectivity index (χ3n) is 3.95. The molecule has 3 atom stereocenters. The number of hydrogen-bond acceptors (Lipinski definition) is 4. The topological polar surface area (TPSA) is 91.3 Å². The quantitative estimate of drug-likeness (QED) is 0.753. The molecule has 0 radical (unpaired) electrons. The molecule has 3 rings (SSSR count). The molecular weight excluding hydrogens is 228 g/mol. The Morgan fingerprint density at radius 2 is 2.22 bits per heavy atom. The summed E-state index contributed by atoms with van der Waals surface area (Å²) in [5.41, 5.74) is 9.32. The van der Waals surface area contributed by atoms with E-state index in [2.05, 4.69) is 16.6 Å². The first kappa shape index (κ1) is 10.8. The van der Waals surface area contributed by atoms with Gasteiger partial charge in [0.2, 0.25) is 0 Å². The Balaban J connectivity index is 2.11. The summed E-state index contributed by atoms with van der Waals surface area (Å²) in [6, 6.07) is 9.94. The lowest BCUT2D eigenvalue weighted by Gasteiger charge is -2.08. The second kappa shape index (κ2) is 3.33. The number of hydrogen-bond donors (Lipinski definition) is 2. The zero-order chi connectivity index (χ0) is 12.9. The van der Waals surface area contributed by atoms with Gasteiger partial charge in [-0.05, 0) is 18.1 Å². The Bertz CT molecular complexity index is 616. The van der Waals surface area contributed by atoms with Crippen molar-refractivity contribution in [3.63, 3.8) is 0 Å². The van der Waals surface area contributed by atoms with Crippen LogP contribution in [0.5, 0.6) is 0 Å². The van der Waals surface area contributed by atoms with Gasteiger partial charge in [0.05, 0.1) is 12.0 Å². The number of amidine groups is 1. The highest BCUT2D eigenvalue weighted by Crippen LogP contribution is 2.66. The molecule has 3 unspecified atom stereocenters. The normalized spacial score (nSPS) is 32.9. The predicted molar refractivity (Wildman–Crippen MR) is 65.2 cm³/mol. The maximum Gasteiger partial charge on any atom is 0.256 e. The van der Waals surface area contributed by atoms with Crippen LogP contribution in [-0.4, -0.2) is 11.7 Å². The monoisotopic (exact) mass is 240 g/mol. The molecule has 1 aliphatic heterocycles. The molecule has 90 valence electrons. The van der Waals surface area contributed by atoms with E-state index in [1.54, 1.807) is 0 Å². The Morgan fingerprint density at radius 3 is 2.78 bits per heavy atom. The Labute approximate surface area is 104 Å². The molecule has 18 heavy (non-hydrogen) atoms. The van der Waals surface area contributed by atoms with Gasteiger partial charge in [-0.25, -0.2) is 5.43 Å². The van der Waals surface area contributed by atoms with Gasteiger partial charge in [-0.15, -0.1) is 0 Å². The van der Waals surface area contributed by atoms with E-state index in [1.807, 2.05) is 31.2 Å². The van der Waals surface area contributed by atoms with Crippen molar-refractivity contribution in [3.05, 3.63) is 35.4 Å². The molecule has 3 N–H and O–H groups in total. The van der Waals surface area contributed by atoms with Gasteiger partial charge < -0.3 is 5.73 Å². The largest absolute Gasteiger partial charge is 0.385 e. The van der Waals surface area contributed by atoms with Gasteiger partial charge in [0.1, 0.15) is 11.3 Å². The van der Waals surface area contributed by atoms with Gasteiger partial charge in [0, 0.05) is 5.92 Å². The van der Waals surface area contributed by atoms with Gasteiger partial charge in [-0.1, -0.05) is 24.3 Å². The van der Waals surface area contributed by atoms with Crippen molar-refractivity contribution in [1.82, 2.24) is 5.43 Å². The third-order valence-corrected chi connectivity index (χ3v) is 3.95. The number of hydrazone groups is 1. The van der Waals surface area contributed by atoms with E-state index in [9.17, 15) is 10.1 Å². The van der Waals surface area contributed by atoms with Crippen LogP contribution in [0, 0.1) is 29.6 Å². The van der Waals surface area contributed by atoms with Crippen LogP contribution in [-0.2, 0) is 4.79 Å². The van der Waals surface area contributed by atoms with Crippen LogP contribution in [0.2, 0.25) is 0 Å². The molecule has 1 amide bonds. The summed E-state index contributed by atoms with van der Waals surface area (Å²) in [6.45, 7) is 1.97. The smallest absolute Gasteiger partial charge is 0.256 e. The molecule has 1 saturated carbocycles. The van der Waals surface area contributed by atoms with E-state index < -0.39 is 11.3 Å². The van der Waals surface area contributed by atoms with Crippen LogP contribution in [0.15, 0.2) is 29.4 Å². The summed E-state index contributed by atoms with van der Waals surface area (Å²) in [6.07, 6.45) is 0. The molecule has 1 fully saturated rings. The number of nitrogens with two attached hydrogens (primary N) is 1. The lowest BCUT2D eigenvalue weighted by Crippen LogP contribution is -2.32. The van der Waals surface area contributed by atoms with Gasteiger partial charge in [-0.3, -0.25) is 4.79 Å². The van der Waals surface area contributed by atoms with Gasteiger partial charge in [0.25, 0.3) is 5.91 Å². The van der Waals surface area contributed by atoms with Gasteiger partial charge in [0.15, 0.2) is 0 Å². The van der Waals surface area contributed by atoms with Crippen LogP contribution in [0.4, 0.5) is 0 Å². The van der Waals surface area contributed by atoms with Crippen LogP contribution in [0.3, 0.4) is 0 Å². The Hall–Kier alpha value is -2.35. The number of nitrogens with one attached hydrogen (secondary N) is 1. The fraction of sp³-hybridized carbons (Fsp3) is 0.308. The second-order valence-electron chi connectivity index (χ2n) is 4.75. The summed E-state index contributed by atoms with van der Waals surface area (Å²) in [7, 11) is 0. The Morgan fingerprint density at radius 1 is 1.50 bits per heavy atom. The molecule has 1 aromatic carbocycles. The number of aryl methyl sites for hydroxylation is 1. The second-order valence-corrected chi connectivity index (χ2v) is 4.75. The van der Waals surface area contributed by atoms with Gasteiger partial charge in [-0.2, -0.15) is 10.4 Å². The highest BCUT2D eigenvalue weighted by atomic mass is 16.2. The number of amides is 1. The summed E-state index contributed by atoms with van der Waals surface area (Å²) in [5.74, 6) is -0.646. The number of nitrogens with zero attached hydrogens (tertiary/aromatic N) is 2. The van der Waals surface area contributed by atoms with E-state index >= 15 is 0 Å². The molecule has 0 saturated heterocycles. The van der Waals surface area contributed by atoms with E-state index in [0.717, 1.165) is 11.1 Å². The lowest BCUT2D eigenvalue weighted by atomic mass is 9.95. The minimum absolute atomic E-state index is 0.185. The van der Waals surface area contributed by atoms with Crippen LogP contribution in [0.1, 0.15) is 17.0 Å². The number of nitriles is 1. The molecule has 1 aromatic rings. The number of carbonyl (C=O) groups is 1. The van der Waals surface area contributed by atoms with E-state index in [-0.39, 0.29) is 17.7 Å². The fourth-order valence-electron chi connectivity index (χ4n) is 2.94. The highest BCUT2D eigenvalue weighted by molar-refractivity contribution is 6.16. The zero-order valence-corrected chi connectivity index (χ0v) is 9.84. The molecule has 5 heteroatoms. The molecule has 0 bridgehead atoms. The van der Waals surface area contributed by atoms with Crippen LogP contribution < -0.4 is 11.2 Å². The summed E-state index contributed by atoms with van der Waals surface area (Å²) >= 11 is 0. The molecule has 1 heterocycles. The summed E-state index contributed by atoms with van der Waals surface area (Å²) in [4.78, 5) is 12.0. The SMILES string of the molecule is Cc1ccccc1C1C(C#N)C12C(=O)NN=C2N. The minimum Gasteiger partial charge on any atom is -0.385 e. The fourth-order valence-corrected chi connectivity index (χ4v) is 2.94. The van der Waals surface area contributed by atoms with E-state index in [4.69, 9.17) is 5.73 Å². The number of rotatable bonds is 1. The van der Waals surface area contributed by atoms with E-state index in [0.29, 0.717) is 0 Å². The average Bonchev–Trinajstić information content (AvgIpc) is 2.97. The average molecular weight is 240 g/mol. The molecular formula is C13H12N4O. The van der Waals surface area contributed by atoms with Crippen molar-refractivity contribution in [2.24, 2.45) is 22.2 Å². The van der Waals surface area contributed by atoms with E-state index in [1.165, 1.54) is 0 Å². The summed E-state index contributed by atoms with van der Waals surface area (Å²) < 4.78 is 0. The molecule has 5 nitrogen and oxygen atoms in total. The van der Waals surface area contributed by atoms with Gasteiger partial charge >= 0.3 is 0 Å². The molecule has 1 spiro atoms. The maximum atomic E-state index is 12.0. The van der Waals surface area contributed by atoms with Crippen molar-refractivity contribution in [2.75, 3.05) is 0 Å². The first-order valence-electron chi connectivity index (χ1n) is 5.73. The highest BCUT2D eigenvalue weighted by Gasteiger charge is 2.75. The van der Waals surface area contributed by atoms with Crippen molar-refractivity contribution < 1.29 is 4.79 Å². The first-order valence-corrected chi connectivity index (χ1v) is 5.73. The predicted octanol–water partition coefficient (Wildman–Crippen LogP) is 0.620. The van der Waals surface area contributed by atoms with Crippen molar-refractivity contribution in [2.45, 2.75) is 12.8 Å². The van der Waals surface area contributed by atoms with Crippen molar-refractivity contribution in [3.8, 4) is 6.07 Å². The van der Waals surface area contributed by atoms with Crippen molar-refractivity contribution >= 4 is 11.7 Å². The van der Waals surface area contributed by atoms with Crippen LogP contribution >= 0.6 is 0 Å². The lowest BCUT2D eigenvalue weighted by molar-refractivity contribution is -0.123. The first-order chi connectivity index (χ1) is 8.64. The molecule has 0 aromatic heterocycles. The van der Waals surface area contributed by atoms with Crippen molar-refractivity contribution in [1.29, 1.82) is 5.26 Å².